The second kappa shape index (κ2) is 11.0. The normalized spacial score (nSPS) is 16.2. The first-order valence-corrected chi connectivity index (χ1v) is 12.8. The molecule has 0 aliphatic carbocycles. The van der Waals surface area contributed by atoms with Gasteiger partial charge in [-0.1, -0.05) is 87.3 Å². The summed E-state index contributed by atoms with van der Waals surface area (Å²) in [5.74, 6) is 1.14. The molecule has 6 heteroatoms. The lowest BCUT2D eigenvalue weighted by Crippen LogP contribution is -2.46. The van der Waals surface area contributed by atoms with Crippen LogP contribution in [0.1, 0.15) is 75.6 Å². The molecule has 1 aromatic heterocycles. The molecule has 0 saturated heterocycles. The molecule has 178 valence electrons. The van der Waals surface area contributed by atoms with Crippen LogP contribution in [0.15, 0.2) is 58.8 Å². The highest BCUT2D eigenvalue weighted by molar-refractivity contribution is 7.80. The van der Waals surface area contributed by atoms with Gasteiger partial charge >= 0.3 is 0 Å². The number of aromatic nitrogens is 2. The van der Waals surface area contributed by atoms with Gasteiger partial charge in [-0.3, -0.25) is 0 Å². The van der Waals surface area contributed by atoms with Crippen LogP contribution in [-0.2, 0) is 12.8 Å². The van der Waals surface area contributed by atoms with Gasteiger partial charge in [0.1, 0.15) is 0 Å². The molecule has 0 radical (unpaired) electrons. The van der Waals surface area contributed by atoms with Crippen molar-refractivity contribution in [1.82, 2.24) is 20.4 Å². The summed E-state index contributed by atoms with van der Waals surface area (Å²) in [6, 6.07) is 16.9. The number of allylic oxidation sites excluding steroid dienone is 1. The third kappa shape index (κ3) is 5.07. The SMILES string of the molecule is CCCCCN1C(=S)NC(c2ccc(CC)cc2)C(c2nc(-c3ccc(CC)cc3)no2)=C1C. The number of hydrogen-bond acceptors (Lipinski definition) is 4. The minimum Gasteiger partial charge on any atom is -0.351 e. The Balaban J connectivity index is 1.74. The van der Waals surface area contributed by atoms with Crippen LogP contribution in [0.3, 0.4) is 0 Å². The van der Waals surface area contributed by atoms with E-state index in [1.54, 1.807) is 0 Å². The van der Waals surface area contributed by atoms with Crippen LogP contribution in [-0.4, -0.2) is 26.7 Å². The number of unbranched alkanes of at least 4 members (excludes halogenated alkanes) is 2. The van der Waals surface area contributed by atoms with E-state index in [1.165, 1.54) is 24.0 Å². The van der Waals surface area contributed by atoms with E-state index in [0.29, 0.717) is 11.7 Å². The Hall–Kier alpha value is -2.99. The van der Waals surface area contributed by atoms with Crippen molar-refractivity contribution < 1.29 is 4.52 Å². The molecular weight excluding hydrogens is 440 g/mol. The molecule has 1 aliphatic rings. The molecule has 1 unspecified atom stereocenters. The van der Waals surface area contributed by atoms with Gasteiger partial charge in [0.25, 0.3) is 5.89 Å². The molecule has 1 atom stereocenters. The molecule has 0 bridgehead atoms. The molecule has 0 fully saturated rings. The van der Waals surface area contributed by atoms with Gasteiger partial charge in [-0.15, -0.1) is 0 Å². The molecule has 5 nitrogen and oxygen atoms in total. The lowest BCUT2D eigenvalue weighted by Gasteiger charge is -2.37. The van der Waals surface area contributed by atoms with Crippen molar-refractivity contribution in [1.29, 1.82) is 0 Å². The van der Waals surface area contributed by atoms with E-state index in [2.05, 4.69) is 91.6 Å². The van der Waals surface area contributed by atoms with Gasteiger partial charge in [0.2, 0.25) is 5.82 Å². The molecule has 2 heterocycles. The van der Waals surface area contributed by atoms with Gasteiger partial charge < -0.3 is 14.7 Å². The molecular formula is C28H34N4OS. The van der Waals surface area contributed by atoms with Crippen molar-refractivity contribution in [2.75, 3.05) is 6.54 Å². The molecule has 0 amide bonds. The monoisotopic (exact) mass is 474 g/mol. The summed E-state index contributed by atoms with van der Waals surface area (Å²) in [6.07, 6.45) is 5.43. The van der Waals surface area contributed by atoms with Crippen LogP contribution in [0.4, 0.5) is 0 Å². The van der Waals surface area contributed by atoms with Crippen LogP contribution >= 0.6 is 12.2 Å². The molecule has 1 aliphatic heterocycles. The Morgan fingerprint density at radius 3 is 2.21 bits per heavy atom. The van der Waals surface area contributed by atoms with Crippen molar-refractivity contribution in [3.63, 3.8) is 0 Å². The third-order valence-corrected chi connectivity index (χ3v) is 6.92. The first-order valence-electron chi connectivity index (χ1n) is 12.4. The smallest absolute Gasteiger partial charge is 0.258 e. The average Bonchev–Trinajstić information content (AvgIpc) is 3.35. The van der Waals surface area contributed by atoms with E-state index in [1.807, 2.05) is 0 Å². The van der Waals surface area contributed by atoms with E-state index in [4.69, 9.17) is 21.7 Å². The summed E-state index contributed by atoms with van der Waals surface area (Å²) in [4.78, 5) is 7.01. The Morgan fingerprint density at radius 2 is 1.59 bits per heavy atom. The minimum atomic E-state index is -0.142. The minimum absolute atomic E-state index is 0.142. The highest BCUT2D eigenvalue weighted by Crippen LogP contribution is 2.37. The first kappa shape index (κ1) is 24.1. The Morgan fingerprint density at radius 1 is 0.941 bits per heavy atom. The van der Waals surface area contributed by atoms with Gasteiger partial charge in [-0.2, -0.15) is 4.98 Å². The quantitative estimate of drug-likeness (QED) is 0.275. The van der Waals surface area contributed by atoms with Crippen molar-refractivity contribution in [3.05, 3.63) is 76.8 Å². The van der Waals surface area contributed by atoms with Crippen molar-refractivity contribution >= 4 is 22.9 Å². The maximum atomic E-state index is 5.86. The van der Waals surface area contributed by atoms with Crippen LogP contribution < -0.4 is 5.32 Å². The fourth-order valence-electron chi connectivity index (χ4n) is 4.38. The molecule has 1 N–H and O–H groups in total. The lowest BCUT2D eigenvalue weighted by atomic mass is 9.93. The van der Waals surface area contributed by atoms with Gasteiger partial charge in [-0.05, 0) is 55.1 Å². The zero-order valence-electron chi connectivity index (χ0n) is 20.6. The number of nitrogens with one attached hydrogen (secondary N) is 1. The fraction of sp³-hybridized carbons (Fsp3) is 0.393. The van der Waals surface area contributed by atoms with E-state index < -0.39 is 0 Å². The predicted octanol–water partition coefficient (Wildman–Crippen LogP) is 6.71. The van der Waals surface area contributed by atoms with E-state index >= 15 is 0 Å². The summed E-state index contributed by atoms with van der Waals surface area (Å²) in [5.41, 5.74) is 6.73. The summed E-state index contributed by atoms with van der Waals surface area (Å²) >= 11 is 5.80. The summed E-state index contributed by atoms with van der Waals surface area (Å²) in [5, 5.41) is 8.64. The number of rotatable bonds is 9. The zero-order valence-corrected chi connectivity index (χ0v) is 21.4. The van der Waals surface area contributed by atoms with Crippen LogP contribution in [0.5, 0.6) is 0 Å². The van der Waals surface area contributed by atoms with E-state index in [-0.39, 0.29) is 6.04 Å². The second-order valence-electron chi connectivity index (χ2n) is 8.81. The van der Waals surface area contributed by atoms with Gasteiger partial charge in [0.15, 0.2) is 5.11 Å². The molecule has 0 saturated carbocycles. The highest BCUT2D eigenvalue weighted by Gasteiger charge is 2.33. The molecule has 4 rings (SSSR count). The average molecular weight is 475 g/mol. The highest BCUT2D eigenvalue weighted by atomic mass is 32.1. The maximum Gasteiger partial charge on any atom is 0.258 e. The topological polar surface area (TPSA) is 54.2 Å². The van der Waals surface area contributed by atoms with Crippen molar-refractivity contribution in [2.24, 2.45) is 0 Å². The van der Waals surface area contributed by atoms with Gasteiger partial charge in [0.05, 0.1) is 11.6 Å². The van der Waals surface area contributed by atoms with Crippen LogP contribution in [0, 0.1) is 0 Å². The molecule has 2 aromatic carbocycles. The van der Waals surface area contributed by atoms with E-state index in [9.17, 15) is 0 Å². The molecule has 3 aromatic rings. The Kier molecular flexibility index (Phi) is 7.78. The number of aryl methyl sites for hydroxylation is 2. The number of hydrogen-bond donors (Lipinski definition) is 1. The first-order chi connectivity index (χ1) is 16.5. The van der Waals surface area contributed by atoms with Gasteiger partial charge in [-0.25, -0.2) is 0 Å². The summed E-state index contributed by atoms with van der Waals surface area (Å²) < 4.78 is 5.86. The zero-order chi connectivity index (χ0) is 24.1. The van der Waals surface area contributed by atoms with Crippen LogP contribution in [0.2, 0.25) is 0 Å². The predicted molar refractivity (Wildman–Crippen MR) is 142 cm³/mol. The Labute approximate surface area is 208 Å². The van der Waals surface area contributed by atoms with Crippen LogP contribution in [0.25, 0.3) is 17.0 Å². The lowest BCUT2D eigenvalue weighted by molar-refractivity contribution is 0.395. The number of thiocarbonyl (C=S) groups is 1. The third-order valence-electron chi connectivity index (χ3n) is 6.58. The number of nitrogens with zero attached hydrogens (tertiary/aromatic N) is 3. The van der Waals surface area contributed by atoms with Crippen molar-refractivity contribution in [3.8, 4) is 11.4 Å². The molecule has 0 spiro atoms. The van der Waals surface area contributed by atoms with E-state index in [0.717, 1.165) is 53.3 Å². The maximum absolute atomic E-state index is 5.86. The largest absolute Gasteiger partial charge is 0.351 e. The Bertz CT molecular complexity index is 1150. The van der Waals surface area contributed by atoms with Gasteiger partial charge in [0, 0.05) is 17.8 Å². The fourth-order valence-corrected chi connectivity index (χ4v) is 4.73. The summed E-state index contributed by atoms with van der Waals surface area (Å²) in [6.45, 7) is 9.51. The second-order valence-corrected chi connectivity index (χ2v) is 9.20. The summed E-state index contributed by atoms with van der Waals surface area (Å²) in [7, 11) is 0. The standard InChI is InChI=1S/C28H34N4OS/c1-5-8-9-18-32-19(4)24(25(29-28(32)34)22-14-10-20(6-2)11-15-22)27-30-26(31-33-27)23-16-12-21(7-3)13-17-23/h10-17,25H,5-9,18H2,1-4H3,(H,29,34). The molecule has 34 heavy (non-hydrogen) atoms. The van der Waals surface area contributed by atoms with Crippen molar-refractivity contribution in [2.45, 2.75) is 65.8 Å². The number of benzene rings is 2.